The summed E-state index contributed by atoms with van der Waals surface area (Å²) in [5.41, 5.74) is 12.9. The number of likely N-dealkylation sites (N-methyl/N-ethyl adjacent to an activating group) is 1. The van der Waals surface area contributed by atoms with Crippen molar-refractivity contribution in [2.24, 2.45) is 11.5 Å². The van der Waals surface area contributed by atoms with Gasteiger partial charge in [-0.25, -0.2) is 19.3 Å². The maximum absolute atomic E-state index is 14.9. The summed E-state index contributed by atoms with van der Waals surface area (Å²) in [5.74, 6) is -0.682. The van der Waals surface area contributed by atoms with Crippen LogP contribution in [0.1, 0.15) is 36.0 Å². The van der Waals surface area contributed by atoms with Crippen molar-refractivity contribution in [2.45, 2.75) is 37.8 Å². The SMILES string of the molecule is CN(c1nc(Nc2cncc(-c3ncccn3)c2)c(C(N)=O)cc1F)[C@@H]1CCCC[C@@H]1N. The number of pyridine rings is 2. The summed E-state index contributed by atoms with van der Waals surface area (Å²) < 4.78 is 14.9. The summed E-state index contributed by atoms with van der Waals surface area (Å²) in [5, 5.41) is 3.05. The van der Waals surface area contributed by atoms with E-state index in [2.05, 4.69) is 25.3 Å². The predicted octanol–water partition coefficient (Wildman–Crippen LogP) is 2.62. The smallest absolute Gasteiger partial charge is 0.252 e. The van der Waals surface area contributed by atoms with Gasteiger partial charge in [0.25, 0.3) is 5.91 Å². The molecule has 4 rings (SSSR count). The van der Waals surface area contributed by atoms with E-state index in [1.165, 1.54) is 0 Å². The zero-order chi connectivity index (χ0) is 22.7. The number of carbonyl (C=O) groups excluding carboxylic acids is 1. The minimum Gasteiger partial charge on any atom is -0.365 e. The molecule has 0 aromatic carbocycles. The molecule has 1 fully saturated rings. The highest BCUT2D eigenvalue weighted by Crippen LogP contribution is 2.30. The first-order chi connectivity index (χ1) is 15.4. The number of anilines is 3. The van der Waals surface area contributed by atoms with Gasteiger partial charge in [-0.15, -0.1) is 0 Å². The zero-order valence-corrected chi connectivity index (χ0v) is 17.7. The standard InChI is InChI=1S/C22H25FN8O/c1-31(18-6-3-2-5-17(18)24)22-16(23)10-15(19(25)32)21(30-22)29-14-9-13(11-26-12-14)20-27-7-4-8-28-20/h4,7-12,17-18H,2-3,5-6,24H2,1H3,(H2,25,32)(H,29,30)/t17-,18+/m0/s1. The van der Waals surface area contributed by atoms with E-state index in [1.807, 2.05) is 0 Å². The number of aromatic nitrogens is 4. The van der Waals surface area contributed by atoms with E-state index in [0.29, 0.717) is 17.1 Å². The fourth-order valence-corrected chi connectivity index (χ4v) is 4.00. The maximum Gasteiger partial charge on any atom is 0.252 e. The van der Waals surface area contributed by atoms with Crippen LogP contribution >= 0.6 is 0 Å². The van der Waals surface area contributed by atoms with Crippen LogP contribution in [0.25, 0.3) is 11.4 Å². The summed E-state index contributed by atoms with van der Waals surface area (Å²) in [6.07, 6.45) is 10.3. The molecular weight excluding hydrogens is 411 g/mol. The number of amides is 1. The van der Waals surface area contributed by atoms with Gasteiger partial charge in [0.15, 0.2) is 17.5 Å². The van der Waals surface area contributed by atoms with E-state index < -0.39 is 11.7 Å². The van der Waals surface area contributed by atoms with E-state index in [1.54, 1.807) is 48.9 Å². The van der Waals surface area contributed by atoms with Gasteiger partial charge in [0, 0.05) is 43.3 Å². The Morgan fingerprint density at radius 1 is 1.19 bits per heavy atom. The lowest BCUT2D eigenvalue weighted by Gasteiger charge is -2.37. The van der Waals surface area contributed by atoms with Gasteiger partial charge in [0.05, 0.1) is 17.4 Å². The number of hydrogen-bond donors (Lipinski definition) is 3. The van der Waals surface area contributed by atoms with Crippen LogP contribution in [-0.4, -0.2) is 45.0 Å². The number of hydrogen-bond acceptors (Lipinski definition) is 8. The third-order valence-electron chi connectivity index (χ3n) is 5.66. The van der Waals surface area contributed by atoms with Gasteiger partial charge in [-0.3, -0.25) is 9.78 Å². The Kier molecular flexibility index (Phi) is 6.22. The lowest BCUT2D eigenvalue weighted by atomic mass is 9.90. The highest BCUT2D eigenvalue weighted by Gasteiger charge is 2.29. The molecule has 1 aliphatic carbocycles. The van der Waals surface area contributed by atoms with Gasteiger partial charge in [0.2, 0.25) is 0 Å². The van der Waals surface area contributed by atoms with Crippen molar-refractivity contribution >= 4 is 23.2 Å². The average Bonchev–Trinajstić information content (AvgIpc) is 2.80. The molecule has 32 heavy (non-hydrogen) atoms. The highest BCUT2D eigenvalue weighted by molar-refractivity contribution is 5.98. The molecule has 3 heterocycles. The maximum atomic E-state index is 14.9. The second kappa shape index (κ2) is 9.23. The summed E-state index contributed by atoms with van der Waals surface area (Å²) >= 11 is 0. The Balaban J connectivity index is 1.69. The summed E-state index contributed by atoms with van der Waals surface area (Å²) in [7, 11) is 1.77. The number of primary amides is 1. The highest BCUT2D eigenvalue weighted by atomic mass is 19.1. The minimum absolute atomic E-state index is 0.0433. The topological polar surface area (TPSA) is 136 Å². The molecule has 1 saturated carbocycles. The largest absolute Gasteiger partial charge is 0.365 e. The molecule has 9 nitrogen and oxygen atoms in total. The third-order valence-corrected chi connectivity index (χ3v) is 5.66. The van der Waals surface area contributed by atoms with Crippen LogP contribution < -0.4 is 21.7 Å². The summed E-state index contributed by atoms with van der Waals surface area (Å²) in [6.45, 7) is 0. The molecule has 0 bridgehead atoms. The van der Waals surface area contributed by atoms with Gasteiger partial charge in [-0.05, 0) is 31.0 Å². The van der Waals surface area contributed by atoms with E-state index in [-0.39, 0.29) is 29.3 Å². The first-order valence-corrected chi connectivity index (χ1v) is 10.4. The third kappa shape index (κ3) is 4.50. The monoisotopic (exact) mass is 436 g/mol. The van der Waals surface area contributed by atoms with E-state index >= 15 is 0 Å². The van der Waals surface area contributed by atoms with Crippen molar-refractivity contribution in [3.63, 3.8) is 0 Å². The normalized spacial score (nSPS) is 18.2. The number of nitrogens with zero attached hydrogens (tertiary/aromatic N) is 5. The zero-order valence-electron chi connectivity index (χ0n) is 17.7. The number of carbonyl (C=O) groups is 1. The number of rotatable bonds is 6. The first kappa shape index (κ1) is 21.6. The van der Waals surface area contributed by atoms with E-state index in [0.717, 1.165) is 31.7 Å². The molecule has 0 saturated heterocycles. The van der Waals surface area contributed by atoms with Crippen molar-refractivity contribution in [3.05, 3.63) is 54.4 Å². The number of halogens is 1. The molecule has 3 aromatic rings. The van der Waals surface area contributed by atoms with Crippen LogP contribution in [0.3, 0.4) is 0 Å². The van der Waals surface area contributed by atoms with Crippen LogP contribution in [0.4, 0.5) is 21.7 Å². The first-order valence-electron chi connectivity index (χ1n) is 10.4. The van der Waals surface area contributed by atoms with Crippen molar-refractivity contribution in [1.29, 1.82) is 0 Å². The number of nitrogens with two attached hydrogens (primary N) is 2. The molecule has 10 heteroatoms. The van der Waals surface area contributed by atoms with Gasteiger partial charge in [-0.2, -0.15) is 0 Å². The molecule has 1 aliphatic rings. The van der Waals surface area contributed by atoms with Gasteiger partial charge in [-0.1, -0.05) is 12.8 Å². The molecule has 166 valence electrons. The van der Waals surface area contributed by atoms with Crippen LogP contribution in [0.15, 0.2) is 43.0 Å². The second-order valence-corrected chi connectivity index (χ2v) is 7.84. The lowest BCUT2D eigenvalue weighted by molar-refractivity contribution is 0.100. The predicted molar refractivity (Wildman–Crippen MR) is 120 cm³/mol. The Morgan fingerprint density at radius 2 is 1.94 bits per heavy atom. The van der Waals surface area contributed by atoms with Gasteiger partial charge >= 0.3 is 0 Å². The van der Waals surface area contributed by atoms with Crippen molar-refractivity contribution in [3.8, 4) is 11.4 Å². The minimum atomic E-state index is -0.794. The van der Waals surface area contributed by atoms with Crippen LogP contribution in [0.5, 0.6) is 0 Å². The van der Waals surface area contributed by atoms with Gasteiger partial charge < -0.3 is 21.7 Å². The van der Waals surface area contributed by atoms with Crippen LogP contribution in [0, 0.1) is 5.82 Å². The fraction of sp³-hybridized carbons (Fsp3) is 0.318. The Bertz CT molecular complexity index is 1110. The average molecular weight is 436 g/mol. The van der Waals surface area contributed by atoms with Gasteiger partial charge in [0.1, 0.15) is 5.82 Å². The molecule has 0 spiro atoms. The van der Waals surface area contributed by atoms with Crippen LogP contribution in [0.2, 0.25) is 0 Å². The lowest BCUT2D eigenvalue weighted by Crippen LogP contribution is -2.48. The molecule has 3 aromatic heterocycles. The quantitative estimate of drug-likeness (QED) is 0.536. The molecule has 1 amide bonds. The summed E-state index contributed by atoms with van der Waals surface area (Å²) in [4.78, 5) is 30.8. The Morgan fingerprint density at radius 3 is 2.66 bits per heavy atom. The second-order valence-electron chi connectivity index (χ2n) is 7.84. The molecule has 5 N–H and O–H groups in total. The van der Waals surface area contributed by atoms with E-state index in [9.17, 15) is 9.18 Å². The Labute approximate surface area is 185 Å². The van der Waals surface area contributed by atoms with Crippen molar-refractivity contribution in [1.82, 2.24) is 19.9 Å². The number of nitrogens with one attached hydrogen (secondary N) is 1. The van der Waals surface area contributed by atoms with Crippen LogP contribution in [-0.2, 0) is 0 Å². The molecule has 0 aliphatic heterocycles. The van der Waals surface area contributed by atoms with E-state index in [4.69, 9.17) is 11.5 Å². The molecular formula is C22H25FN8O. The fourth-order valence-electron chi connectivity index (χ4n) is 4.00. The molecule has 2 atom stereocenters. The molecule has 0 radical (unpaired) electrons. The van der Waals surface area contributed by atoms with Crippen molar-refractivity contribution in [2.75, 3.05) is 17.3 Å². The van der Waals surface area contributed by atoms with Crippen molar-refractivity contribution < 1.29 is 9.18 Å². The Hall–Kier alpha value is -3.66. The molecule has 0 unspecified atom stereocenters. The summed E-state index contributed by atoms with van der Waals surface area (Å²) in [6, 6.07) is 4.47.